The third-order valence-electron chi connectivity index (χ3n) is 1.65. The molecule has 0 radical (unpaired) electrons. The van der Waals surface area contributed by atoms with Crippen LogP contribution in [0.15, 0.2) is 33.9 Å². The lowest BCUT2D eigenvalue weighted by atomic mass is 10.2. The number of H-pyrrole nitrogens is 2. The molecule has 2 N–H and O–H groups in total. The normalized spacial score (nSPS) is 8.50. The average molecular weight is 446 g/mol. The average Bonchev–Trinajstić information content (AvgIpc) is 2.34. The highest BCUT2D eigenvalue weighted by molar-refractivity contribution is 15.0. The van der Waals surface area contributed by atoms with Gasteiger partial charge in [-0.05, 0) is 12.1 Å². The van der Waals surface area contributed by atoms with Crippen molar-refractivity contribution in [3.05, 3.63) is 45.1 Å². The fourth-order valence-electron chi connectivity index (χ4n) is 1.11. The Labute approximate surface area is 116 Å². The van der Waals surface area contributed by atoms with Crippen LogP contribution < -0.4 is 11.2 Å². The molecule has 88 valence electrons. The summed E-state index contributed by atoms with van der Waals surface area (Å²) in [7, 11) is 0. The van der Waals surface area contributed by atoms with Crippen LogP contribution in [0.2, 0.25) is 0 Å². The van der Waals surface area contributed by atoms with Gasteiger partial charge < -0.3 is 4.98 Å². The highest BCUT2D eigenvalue weighted by Crippen LogP contribution is 2.01. The number of aromatic amines is 2. The van der Waals surface area contributed by atoms with Crippen LogP contribution in [0.25, 0.3) is 10.9 Å². The summed E-state index contributed by atoms with van der Waals surface area (Å²) in [5.41, 5.74) is -0.265. The second kappa shape index (κ2) is 8.74. The minimum atomic E-state index is -0.473. The minimum absolute atomic E-state index is 0.352. The Morgan fingerprint density at radius 2 is 1.56 bits per heavy atom. The zero-order valence-corrected chi connectivity index (χ0v) is 13.2. The van der Waals surface area contributed by atoms with Gasteiger partial charge in [-0.25, -0.2) is 4.79 Å². The number of hydrogen-bond donors (Lipinski definition) is 2. The van der Waals surface area contributed by atoms with Gasteiger partial charge in [0.2, 0.25) is 0 Å². The maximum absolute atomic E-state index is 11.1. The van der Waals surface area contributed by atoms with Crippen molar-refractivity contribution < 1.29 is 0 Å². The maximum atomic E-state index is 11.1. The summed E-state index contributed by atoms with van der Waals surface area (Å²) in [4.78, 5) is 26.6. The molecule has 0 atom stereocenters. The van der Waals surface area contributed by atoms with E-state index in [4.69, 9.17) is 0 Å². The Balaban J connectivity index is 0.000000509. The van der Waals surface area contributed by atoms with Gasteiger partial charge in [0.15, 0.2) is 0 Å². The smallest absolute Gasteiger partial charge is 0.307 e. The van der Waals surface area contributed by atoms with E-state index >= 15 is 0 Å². The predicted octanol–water partition coefficient (Wildman–Crippen LogP) is 3.01. The highest BCUT2D eigenvalue weighted by atomic mass is 128. The molecule has 0 unspecified atom stereocenters. The van der Waals surface area contributed by atoms with Gasteiger partial charge in [-0.2, -0.15) is 0 Å². The number of nitrogens with one attached hydrogen (secondary N) is 2. The molecule has 6 heteroatoms. The summed E-state index contributed by atoms with van der Waals surface area (Å²) in [5.74, 6) is 0. The molecular formula is C10H12I2N2O2. The maximum Gasteiger partial charge on any atom is 0.326 e. The van der Waals surface area contributed by atoms with Crippen LogP contribution in [-0.4, -0.2) is 9.97 Å². The number of aromatic nitrogens is 2. The van der Waals surface area contributed by atoms with Gasteiger partial charge in [-0.15, -0.1) is 0 Å². The number of fused-ring (bicyclic) bond motifs is 1. The third kappa shape index (κ3) is 4.24. The summed E-state index contributed by atoms with van der Waals surface area (Å²) in [5, 5.41) is 0.497. The minimum Gasteiger partial charge on any atom is -0.307 e. The largest absolute Gasteiger partial charge is 0.326 e. The molecule has 0 spiro atoms. The lowest BCUT2D eigenvalue weighted by molar-refractivity contribution is 1.08. The highest BCUT2D eigenvalue weighted by Gasteiger charge is 1.96. The molecule has 1 heterocycles. The number of halogens is 2. The summed E-state index contributed by atoms with van der Waals surface area (Å²) in [6.07, 6.45) is 0. The van der Waals surface area contributed by atoms with Crippen LogP contribution in [0.4, 0.5) is 0 Å². The molecule has 2 aromatic rings. The molecule has 1 aromatic carbocycles. The van der Waals surface area contributed by atoms with E-state index in [9.17, 15) is 9.59 Å². The lowest BCUT2D eigenvalue weighted by Crippen LogP contribution is -2.21. The molecule has 2 rings (SSSR count). The second-order valence-electron chi connectivity index (χ2n) is 2.45. The van der Waals surface area contributed by atoms with Crippen molar-refractivity contribution in [2.45, 2.75) is 13.8 Å². The van der Waals surface area contributed by atoms with Gasteiger partial charge in [-0.3, -0.25) is 9.78 Å². The standard InChI is InChI=1S/C8H6N2O2.C2H6.I2/c11-7-5-3-1-2-4-6(5)9-8(12)10-7;2*1-2/h1-4H,(H2,9,10,11,12);1-2H3;. The Bertz CT molecular complexity index is 534. The van der Waals surface area contributed by atoms with Gasteiger partial charge in [0.25, 0.3) is 5.56 Å². The molecule has 0 fully saturated rings. The van der Waals surface area contributed by atoms with E-state index in [1.54, 1.807) is 24.3 Å². The molecule has 0 saturated heterocycles. The van der Waals surface area contributed by atoms with Crippen LogP contribution in [0.1, 0.15) is 13.8 Å². The zero-order chi connectivity index (χ0) is 12.6. The van der Waals surface area contributed by atoms with Gasteiger partial charge in [0.05, 0.1) is 10.9 Å². The van der Waals surface area contributed by atoms with Gasteiger partial charge >= 0.3 is 5.69 Å². The first-order chi connectivity index (χ1) is 7.77. The summed E-state index contributed by atoms with van der Waals surface area (Å²) >= 11 is 4.24. The van der Waals surface area contributed by atoms with Gasteiger partial charge in [0.1, 0.15) is 0 Å². The molecule has 0 saturated carbocycles. The van der Waals surface area contributed by atoms with Crippen LogP contribution in [-0.2, 0) is 0 Å². The topological polar surface area (TPSA) is 65.7 Å². The first-order valence-electron chi connectivity index (χ1n) is 4.63. The first-order valence-corrected chi connectivity index (χ1v) is 10.9. The fourth-order valence-corrected chi connectivity index (χ4v) is 1.11. The molecule has 0 aliphatic heterocycles. The van der Waals surface area contributed by atoms with E-state index in [0.717, 1.165) is 0 Å². The number of hydrogen-bond acceptors (Lipinski definition) is 2. The molecule has 0 aliphatic rings. The Hall–Kier alpha value is -0.380. The third-order valence-corrected chi connectivity index (χ3v) is 1.65. The van der Waals surface area contributed by atoms with Crippen LogP contribution in [0, 0.1) is 0 Å². The van der Waals surface area contributed by atoms with Crippen molar-refractivity contribution in [3.8, 4) is 0 Å². The first kappa shape index (κ1) is 15.6. The van der Waals surface area contributed by atoms with Gasteiger partial charge in [-0.1, -0.05) is 26.0 Å². The zero-order valence-electron chi connectivity index (χ0n) is 8.88. The molecule has 16 heavy (non-hydrogen) atoms. The summed E-state index contributed by atoms with van der Waals surface area (Å²) in [6.45, 7) is 4.00. The van der Waals surface area contributed by atoms with Crippen molar-refractivity contribution >= 4 is 48.1 Å². The fraction of sp³-hybridized carbons (Fsp3) is 0.200. The van der Waals surface area contributed by atoms with Crippen molar-refractivity contribution in [3.63, 3.8) is 0 Å². The molecule has 0 aliphatic carbocycles. The molecule has 1 aromatic heterocycles. The van der Waals surface area contributed by atoms with Crippen molar-refractivity contribution in [1.82, 2.24) is 9.97 Å². The molecule has 0 amide bonds. The monoisotopic (exact) mass is 446 g/mol. The van der Waals surface area contributed by atoms with E-state index in [2.05, 4.69) is 47.2 Å². The number of rotatable bonds is 0. The Morgan fingerprint density at radius 3 is 2.19 bits per heavy atom. The summed E-state index contributed by atoms with van der Waals surface area (Å²) < 4.78 is 0. The summed E-state index contributed by atoms with van der Waals surface area (Å²) in [6, 6.07) is 6.85. The van der Waals surface area contributed by atoms with Crippen molar-refractivity contribution in [1.29, 1.82) is 0 Å². The SMILES string of the molecule is CC.II.O=c1[nH]c(=O)c2ccccc2[nH]1. The Kier molecular flexibility index (Phi) is 8.53. The molecular weight excluding hydrogens is 434 g/mol. The van der Waals surface area contributed by atoms with E-state index in [-0.39, 0.29) is 5.56 Å². The van der Waals surface area contributed by atoms with Crippen molar-refractivity contribution in [2.24, 2.45) is 0 Å². The lowest BCUT2D eigenvalue weighted by Gasteiger charge is -1.92. The van der Waals surface area contributed by atoms with Gasteiger partial charge in [0, 0.05) is 37.2 Å². The van der Waals surface area contributed by atoms with Crippen LogP contribution >= 0.6 is 37.2 Å². The van der Waals surface area contributed by atoms with E-state index in [1.807, 2.05) is 13.8 Å². The Morgan fingerprint density at radius 1 is 1.00 bits per heavy atom. The predicted molar refractivity (Wildman–Crippen MR) is 84.6 cm³/mol. The second-order valence-corrected chi connectivity index (χ2v) is 2.45. The van der Waals surface area contributed by atoms with E-state index in [1.165, 1.54) is 0 Å². The van der Waals surface area contributed by atoms with E-state index < -0.39 is 5.69 Å². The van der Waals surface area contributed by atoms with Crippen LogP contribution in [0.3, 0.4) is 0 Å². The molecule has 4 nitrogen and oxygen atoms in total. The van der Waals surface area contributed by atoms with E-state index in [0.29, 0.717) is 10.9 Å². The van der Waals surface area contributed by atoms with Crippen LogP contribution in [0.5, 0.6) is 0 Å². The number of benzene rings is 1. The quantitative estimate of drug-likeness (QED) is 0.612. The molecule has 0 bridgehead atoms. The van der Waals surface area contributed by atoms with Crippen molar-refractivity contribution in [2.75, 3.05) is 0 Å². The number of para-hydroxylation sites is 1.